The van der Waals surface area contributed by atoms with Crippen molar-refractivity contribution in [2.75, 3.05) is 6.54 Å². The van der Waals surface area contributed by atoms with Gasteiger partial charge in [-0.25, -0.2) is 4.79 Å². The van der Waals surface area contributed by atoms with Crippen LogP contribution in [-0.4, -0.2) is 70.3 Å². The molecule has 11 heteroatoms. The van der Waals surface area contributed by atoms with Crippen molar-refractivity contribution in [3.63, 3.8) is 0 Å². The Morgan fingerprint density at radius 1 is 1.06 bits per heavy atom. The van der Waals surface area contributed by atoms with Crippen molar-refractivity contribution in [2.45, 2.75) is 77.5 Å². The highest BCUT2D eigenvalue weighted by molar-refractivity contribution is 5.96. The Balaban J connectivity index is 2.94. The molecule has 0 aliphatic carbocycles. The van der Waals surface area contributed by atoms with Crippen LogP contribution >= 0.6 is 0 Å². The molecule has 4 unspecified atom stereocenters. The van der Waals surface area contributed by atoms with Crippen molar-refractivity contribution in [1.82, 2.24) is 15.5 Å². The van der Waals surface area contributed by atoms with Gasteiger partial charge in [-0.05, 0) is 31.1 Å². The molecular weight excluding hydrogens is 406 g/mol. The molecule has 0 aromatic rings. The van der Waals surface area contributed by atoms with Gasteiger partial charge in [0.05, 0.1) is 12.5 Å². The number of amides is 4. The molecule has 1 aliphatic rings. The van der Waals surface area contributed by atoms with Gasteiger partial charge in [0.15, 0.2) is 0 Å². The molecule has 0 aromatic carbocycles. The van der Waals surface area contributed by atoms with Crippen LogP contribution in [0.2, 0.25) is 0 Å². The lowest BCUT2D eigenvalue weighted by Gasteiger charge is -2.29. The summed E-state index contributed by atoms with van der Waals surface area (Å²) in [6, 6.07) is -4.11. The molecule has 176 valence electrons. The first-order valence-corrected chi connectivity index (χ1v) is 10.5. The van der Waals surface area contributed by atoms with Gasteiger partial charge in [-0.1, -0.05) is 27.7 Å². The molecule has 1 heterocycles. The zero-order valence-corrected chi connectivity index (χ0v) is 18.6. The monoisotopic (exact) mass is 441 g/mol. The van der Waals surface area contributed by atoms with Gasteiger partial charge in [0, 0.05) is 6.54 Å². The van der Waals surface area contributed by atoms with E-state index in [1.165, 1.54) is 4.90 Å². The molecule has 0 spiro atoms. The normalized spacial score (nSPS) is 19.1. The SMILES string of the molecule is CC(C)CC(NC(=O)C(CC(N)=O)NC(=O)C1CCCN1C(=O)C(N)C(C)C)C(=O)O. The molecule has 0 radical (unpaired) electrons. The van der Waals surface area contributed by atoms with Crippen molar-refractivity contribution >= 4 is 29.6 Å². The van der Waals surface area contributed by atoms with Crippen LogP contribution in [0.5, 0.6) is 0 Å². The van der Waals surface area contributed by atoms with Crippen molar-refractivity contribution in [3.05, 3.63) is 0 Å². The van der Waals surface area contributed by atoms with E-state index in [2.05, 4.69) is 10.6 Å². The molecule has 31 heavy (non-hydrogen) atoms. The molecule has 0 bridgehead atoms. The summed E-state index contributed by atoms with van der Waals surface area (Å²) < 4.78 is 0. The topological polar surface area (TPSA) is 185 Å². The lowest BCUT2D eigenvalue weighted by molar-refractivity contribution is -0.143. The molecule has 1 aliphatic heterocycles. The maximum atomic E-state index is 12.9. The molecule has 1 fully saturated rings. The first-order valence-electron chi connectivity index (χ1n) is 10.5. The van der Waals surface area contributed by atoms with E-state index in [1.807, 2.05) is 0 Å². The van der Waals surface area contributed by atoms with E-state index in [-0.39, 0.29) is 24.2 Å². The Kier molecular flexibility index (Phi) is 9.89. The van der Waals surface area contributed by atoms with E-state index < -0.39 is 54.3 Å². The third-order valence-electron chi connectivity index (χ3n) is 5.20. The summed E-state index contributed by atoms with van der Waals surface area (Å²) in [5.74, 6) is -3.97. The van der Waals surface area contributed by atoms with E-state index in [0.717, 1.165) is 0 Å². The quantitative estimate of drug-likeness (QED) is 0.270. The lowest BCUT2D eigenvalue weighted by atomic mass is 10.0. The predicted octanol–water partition coefficient (Wildman–Crippen LogP) is -1.06. The van der Waals surface area contributed by atoms with E-state index in [4.69, 9.17) is 11.5 Å². The summed E-state index contributed by atoms with van der Waals surface area (Å²) in [6.45, 7) is 7.57. The fourth-order valence-corrected chi connectivity index (χ4v) is 3.42. The molecule has 11 nitrogen and oxygen atoms in total. The van der Waals surface area contributed by atoms with E-state index in [9.17, 15) is 29.1 Å². The molecule has 4 amide bonds. The summed E-state index contributed by atoms with van der Waals surface area (Å²) >= 11 is 0. The van der Waals surface area contributed by atoms with Crippen LogP contribution < -0.4 is 22.1 Å². The van der Waals surface area contributed by atoms with Gasteiger partial charge in [-0.3, -0.25) is 19.2 Å². The Morgan fingerprint density at radius 3 is 2.16 bits per heavy atom. The average molecular weight is 442 g/mol. The number of nitrogens with one attached hydrogen (secondary N) is 2. The lowest BCUT2D eigenvalue weighted by Crippen LogP contribution is -2.57. The smallest absolute Gasteiger partial charge is 0.326 e. The van der Waals surface area contributed by atoms with Gasteiger partial charge < -0.3 is 32.1 Å². The third kappa shape index (κ3) is 7.82. The zero-order valence-electron chi connectivity index (χ0n) is 18.6. The first-order chi connectivity index (χ1) is 14.3. The van der Waals surface area contributed by atoms with Crippen LogP contribution in [0.3, 0.4) is 0 Å². The largest absolute Gasteiger partial charge is 0.480 e. The summed E-state index contributed by atoms with van der Waals surface area (Å²) in [6.07, 6.45) is 0.656. The minimum Gasteiger partial charge on any atom is -0.480 e. The van der Waals surface area contributed by atoms with Gasteiger partial charge in [0.25, 0.3) is 0 Å². The van der Waals surface area contributed by atoms with Crippen LogP contribution in [0.15, 0.2) is 0 Å². The second kappa shape index (κ2) is 11.6. The van der Waals surface area contributed by atoms with E-state index in [1.54, 1.807) is 27.7 Å². The molecule has 0 saturated carbocycles. The average Bonchev–Trinajstić information content (AvgIpc) is 3.14. The summed E-state index contributed by atoms with van der Waals surface area (Å²) in [4.78, 5) is 62.4. The summed E-state index contributed by atoms with van der Waals surface area (Å²) in [5, 5.41) is 14.1. The van der Waals surface area contributed by atoms with Gasteiger partial charge in [0.1, 0.15) is 18.1 Å². The Bertz CT molecular complexity index is 696. The second-order valence-electron chi connectivity index (χ2n) is 8.72. The minimum atomic E-state index is -1.35. The number of carbonyl (C=O) groups is 5. The molecule has 1 rings (SSSR count). The minimum absolute atomic E-state index is 0.00573. The number of carbonyl (C=O) groups excluding carboxylic acids is 4. The fourth-order valence-electron chi connectivity index (χ4n) is 3.42. The van der Waals surface area contributed by atoms with Crippen LogP contribution in [0.25, 0.3) is 0 Å². The molecule has 4 atom stereocenters. The summed E-state index contributed by atoms with van der Waals surface area (Å²) in [5.41, 5.74) is 11.1. The Morgan fingerprint density at radius 2 is 1.68 bits per heavy atom. The number of nitrogens with zero attached hydrogens (tertiary/aromatic N) is 1. The first kappa shape index (κ1) is 26.3. The van der Waals surface area contributed by atoms with Crippen molar-refractivity contribution in [3.8, 4) is 0 Å². The number of primary amides is 1. The van der Waals surface area contributed by atoms with E-state index in [0.29, 0.717) is 19.4 Å². The van der Waals surface area contributed by atoms with Crippen molar-refractivity contribution < 1.29 is 29.1 Å². The number of hydrogen-bond acceptors (Lipinski definition) is 6. The second-order valence-corrected chi connectivity index (χ2v) is 8.72. The molecule has 7 N–H and O–H groups in total. The maximum absolute atomic E-state index is 12.9. The Labute approximate surface area is 182 Å². The fraction of sp³-hybridized carbons (Fsp3) is 0.750. The summed E-state index contributed by atoms with van der Waals surface area (Å²) in [7, 11) is 0. The molecule has 1 saturated heterocycles. The number of carboxylic acid groups (broad SMARTS) is 1. The van der Waals surface area contributed by atoms with Gasteiger partial charge in [-0.15, -0.1) is 0 Å². The van der Waals surface area contributed by atoms with Crippen LogP contribution in [0.4, 0.5) is 0 Å². The molecule has 0 aromatic heterocycles. The number of hydrogen-bond donors (Lipinski definition) is 5. The number of nitrogens with two attached hydrogens (primary N) is 2. The van der Waals surface area contributed by atoms with Gasteiger partial charge in [-0.2, -0.15) is 0 Å². The molecular formula is C20H35N5O6. The predicted molar refractivity (Wildman–Crippen MR) is 112 cm³/mol. The maximum Gasteiger partial charge on any atom is 0.326 e. The highest BCUT2D eigenvalue weighted by Gasteiger charge is 2.38. The van der Waals surface area contributed by atoms with Crippen molar-refractivity contribution in [2.24, 2.45) is 23.3 Å². The number of carboxylic acids is 1. The third-order valence-corrected chi connectivity index (χ3v) is 5.20. The van der Waals surface area contributed by atoms with Crippen LogP contribution in [-0.2, 0) is 24.0 Å². The van der Waals surface area contributed by atoms with Crippen LogP contribution in [0.1, 0.15) is 53.4 Å². The highest BCUT2D eigenvalue weighted by Crippen LogP contribution is 2.20. The number of aliphatic carboxylic acids is 1. The number of rotatable bonds is 11. The van der Waals surface area contributed by atoms with Crippen LogP contribution in [0, 0.1) is 11.8 Å². The van der Waals surface area contributed by atoms with Gasteiger partial charge >= 0.3 is 5.97 Å². The van der Waals surface area contributed by atoms with Crippen molar-refractivity contribution in [1.29, 1.82) is 0 Å². The zero-order chi connectivity index (χ0) is 23.9. The standard InChI is InChI=1S/C20H35N5O6/c1-10(2)8-13(20(30)31)24-17(27)12(9-15(21)26)23-18(28)14-6-5-7-25(14)19(29)16(22)11(3)4/h10-14,16H,5-9,22H2,1-4H3,(H2,21,26)(H,23,28)(H,24,27)(H,30,31). The van der Waals surface area contributed by atoms with E-state index >= 15 is 0 Å². The highest BCUT2D eigenvalue weighted by atomic mass is 16.4. The van der Waals surface area contributed by atoms with Gasteiger partial charge in [0.2, 0.25) is 23.6 Å². The Hall–Kier alpha value is -2.69. The number of likely N-dealkylation sites (tertiary alicyclic amines) is 1.